The number of ether oxygens (including phenoxy) is 4. The van der Waals surface area contributed by atoms with Crippen molar-refractivity contribution in [2.75, 3.05) is 13.2 Å². The molecular formula is C22H32F16O4. The lowest BCUT2D eigenvalue weighted by Crippen LogP contribution is -2.71. The van der Waals surface area contributed by atoms with Crippen molar-refractivity contribution in [2.45, 2.75) is 120 Å². The molecule has 0 spiro atoms. The lowest BCUT2D eigenvalue weighted by Gasteiger charge is -2.48. The molecule has 2 fully saturated rings. The molecule has 2 saturated heterocycles. The van der Waals surface area contributed by atoms with E-state index in [1.807, 2.05) is 0 Å². The van der Waals surface area contributed by atoms with Crippen LogP contribution in [0.4, 0.5) is 70.9 Å². The van der Waals surface area contributed by atoms with Crippen molar-refractivity contribution < 1.29 is 89.8 Å². The third kappa shape index (κ3) is 7.33. The van der Waals surface area contributed by atoms with Crippen LogP contribution in [0.5, 0.6) is 0 Å². The minimum absolute atomic E-state index is 0. The summed E-state index contributed by atoms with van der Waals surface area (Å²) in [5.74, 6) is -7.51. The van der Waals surface area contributed by atoms with Gasteiger partial charge in [-0.05, 0) is 46.5 Å². The van der Waals surface area contributed by atoms with Crippen molar-refractivity contribution in [2.24, 2.45) is 5.92 Å². The number of alkyl halides is 14. The normalized spacial score (nSPS) is 29.6. The van der Waals surface area contributed by atoms with Gasteiger partial charge in [0.1, 0.15) is 0 Å². The Kier molecular flexibility index (Phi) is 14.1. The van der Waals surface area contributed by atoms with E-state index in [9.17, 15) is 61.5 Å². The maximum Gasteiger partial charge on any atom is 0.437 e. The fraction of sp³-hybridized carbons (Fsp3) is 1.00. The van der Waals surface area contributed by atoms with Gasteiger partial charge in [-0.25, -0.2) is 8.78 Å². The maximum atomic E-state index is 14.2. The van der Waals surface area contributed by atoms with Crippen molar-refractivity contribution in [1.82, 2.24) is 0 Å². The number of halogens is 16. The highest BCUT2D eigenvalue weighted by Gasteiger charge is 2.85. The summed E-state index contributed by atoms with van der Waals surface area (Å²) in [4.78, 5) is 0. The zero-order chi connectivity index (χ0) is 31.8. The molecule has 0 saturated carbocycles. The summed E-state index contributed by atoms with van der Waals surface area (Å²) in [6, 6.07) is 0. The van der Waals surface area contributed by atoms with Crippen LogP contribution in [0.2, 0.25) is 0 Å². The highest BCUT2D eigenvalue weighted by molar-refractivity contribution is 5.10. The van der Waals surface area contributed by atoms with Crippen LogP contribution in [-0.4, -0.2) is 73.0 Å². The largest absolute Gasteiger partial charge is 0.437 e. The van der Waals surface area contributed by atoms with Gasteiger partial charge in [-0.1, -0.05) is 6.92 Å². The van der Waals surface area contributed by atoms with Gasteiger partial charge in [0.15, 0.2) is 0 Å². The lowest BCUT2D eigenvalue weighted by atomic mass is 9.86. The Morgan fingerprint density at radius 1 is 0.619 bits per heavy atom. The topological polar surface area (TPSA) is 36.9 Å². The molecule has 4 nitrogen and oxygen atoms in total. The van der Waals surface area contributed by atoms with Gasteiger partial charge < -0.3 is 18.9 Å². The van der Waals surface area contributed by atoms with E-state index in [0.29, 0.717) is 0 Å². The van der Waals surface area contributed by atoms with E-state index >= 15 is 0 Å². The van der Waals surface area contributed by atoms with Crippen LogP contribution in [0.25, 0.3) is 0 Å². The molecule has 0 N–H and O–H groups in total. The molecule has 0 aromatic heterocycles. The van der Waals surface area contributed by atoms with E-state index in [0.717, 1.165) is 0 Å². The molecule has 0 aromatic rings. The Balaban J connectivity index is 0. The summed E-state index contributed by atoms with van der Waals surface area (Å²) in [6.45, 7) is 5.20. The maximum absolute atomic E-state index is 14.2. The van der Waals surface area contributed by atoms with Gasteiger partial charge in [0.2, 0.25) is 11.6 Å². The number of hydrogen-bond acceptors (Lipinski definition) is 4. The quantitative estimate of drug-likeness (QED) is 0.267. The molecule has 2 rings (SSSR count). The van der Waals surface area contributed by atoms with Crippen LogP contribution in [0.1, 0.15) is 60.3 Å². The molecule has 20 heteroatoms. The van der Waals surface area contributed by atoms with Gasteiger partial charge in [0, 0.05) is 26.1 Å². The number of rotatable bonds is 6. The molecule has 5 atom stereocenters. The van der Waals surface area contributed by atoms with Crippen LogP contribution < -0.4 is 0 Å². The van der Waals surface area contributed by atoms with E-state index in [2.05, 4.69) is 14.2 Å². The Morgan fingerprint density at radius 2 is 0.976 bits per heavy atom. The first-order valence-corrected chi connectivity index (χ1v) is 12.0. The Morgan fingerprint density at radius 3 is 1.26 bits per heavy atom. The second-order valence-electron chi connectivity index (χ2n) is 9.50. The van der Waals surface area contributed by atoms with E-state index in [1.165, 1.54) is 34.6 Å². The smallest absolute Gasteiger partial charge is 0.347 e. The minimum Gasteiger partial charge on any atom is -0.347 e. The predicted molar refractivity (Wildman–Crippen MR) is 114 cm³/mol. The van der Waals surface area contributed by atoms with E-state index < -0.39 is 91.8 Å². The van der Waals surface area contributed by atoms with Crippen LogP contribution in [0.15, 0.2) is 0 Å². The SMILES string of the molecule is CCOC1(C(F)(C(F)(F)F)C(F)(F)F)CC(C)C(C)O1.CCOC1(C(F)(C(F)(F)F)C(F)(F)F)CCCC(C)O1.F.F. The zero-order valence-corrected chi connectivity index (χ0v) is 22.7. The van der Waals surface area contributed by atoms with Crippen molar-refractivity contribution in [1.29, 1.82) is 0 Å². The highest BCUT2D eigenvalue weighted by Crippen LogP contribution is 2.59. The fourth-order valence-corrected chi connectivity index (χ4v) is 4.64. The van der Waals surface area contributed by atoms with E-state index in [1.54, 1.807) is 0 Å². The third-order valence-corrected chi connectivity index (χ3v) is 6.64. The first-order chi connectivity index (χ1) is 17.7. The summed E-state index contributed by atoms with van der Waals surface area (Å²) in [6.07, 6.45) is -28.2. The lowest BCUT2D eigenvalue weighted by molar-refractivity contribution is -0.452. The van der Waals surface area contributed by atoms with Gasteiger partial charge in [-0.3, -0.25) is 9.41 Å². The van der Waals surface area contributed by atoms with E-state index in [-0.39, 0.29) is 22.3 Å². The molecule has 42 heavy (non-hydrogen) atoms. The summed E-state index contributed by atoms with van der Waals surface area (Å²) >= 11 is 0. The van der Waals surface area contributed by atoms with Crippen LogP contribution >= 0.6 is 0 Å². The second kappa shape index (κ2) is 13.8. The molecule has 0 radical (unpaired) electrons. The first kappa shape index (κ1) is 42.9. The molecule has 2 heterocycles. The fourth-order valence-electron chi connectivity index (χ4n) is 4.64. The van der Waals surface area contributed by atoms with Gasteiger partial charge in [0.05, 0.1) is 12.2 Å². The number of hydrogen-bond donors (Lipinski definition) is 0. The van der Waals surface area contributed by atoms with E-state index in [4.69, 9.17) is 4.74 Å². The molecular weight excluding hydrogens is 632 g/mol. The van der Waals surface area contributed by atoms with Gasteiger partial charge >= 0.3 is 36.0 Å². The molecule has 2 aliphatic rings. The molecule has 5 unspecified atom stereocenters. The van der Waals surface area contributed by atoms with Crippen LogP contribution in [0.3, 0.4) is 0 Å². The Hall–Kier alpha value is -1.28. The molecule has 0 bridgehead atoms. The first-order valence-electron chi connectivity index (χ1n) is 12.0. The van der Waals surface area contributed by atoms with Gasteiger partial charge in [0.25, 0.3) is 0 Å². The Labute approximate surface area is 230 Å². The summed E-state index contributed by atoms with van der Waals surface area (Å²) in [7, 11) is 0. The highest BCUT2D eigenvalue weighted by atomic mass is 19.4. The molecule has 0 aromatic carbocycles. The zero-order valence-electron chi connectivity index (χ0n) is 22.7. The van der Waals surface area contributed by atoms with Crippen LogP contribution in [0, 0.1) is 5.92 Å². The average molecular weight is 664 g/mol. The third-order valence-electron chi connectivity index (χ3n) is 6.64. The summed E-state index contributed by atoms with van der Waals surface area (Å²) < 4.78 is 201. The van der Waals surface area contributed by atoms with Crippen molar-refractivity contribution >= 4 is 0 Å². The molecule has 2 aliphatic heterocycles. The average Bonchev–Trinajstić information content (AvgIpc) is 3.04. The summed E-state index contributed by atoms with van der Waals surface area (Å²) in [5.41, 5.74) is -11.2. The summed E-state index contributed by atoms with van der Waals surface area (Å²) in [5, 5.41) is 0. The van der Waals surface area contributed by atoms with Crippen molar-refractivity contribution in [3.8, 4) is 0 Å². The molecule has 256 valence electrons. The minimum atomic E-state index is -6.20. The van der Waals surface area contributed by atoms with Crippen molar-refractivity contribution in [3.05, 3.63) is 0 Å². The van der Waals surface area contributed by atoms with Crippen molar-refractivity contribution in [3.63, 3.8) is 0 Å². The monoisotopic (exact) mass is 664 g/mol. The van der Waals surface area contributed by atoms with Crippen LogP contribution in [-0.2, 0) is 18.9 Å². The second-order valence-corrected chi connectivity index (χ2v) is 9.50. The standard InChI is InChI=1S/2C11H15F7O2.2FH/c1-4-19-8(5-6(2)7(3)20-8)9(12,10(13,14)15)11(16,17)18;1-3-19-8(6-4-5-7(2)20-8)9(12,10(13,14)15)11(16,17)18;;/h6-7H,4-5H2,1-3H3;7H,3-6H2,1-2H3;2*1H. The van der Waals surface area contributed by atoms with Gasteiger partial charge in [-0.2, -0.15) is 52.7 Å². The predicted octanol–water partition coefficient (Wildman–Crippen LogP) is 8.44. The van der Waals surface area contributed by atoms with Gasteiger partial charge in [-0.15, -0.1) is 0 Å². The molecule has 0 amide bonds. The molecule has 0 aliphatic carbocycles. The Bertz CT molecular complexity index is 734.